The minimum Gasteiger partial charge on any atom is -0.495 e. The third-order valence-corrected chi connectivity index (χ3v) is 3.41. The topological polar surface area (TPSA) is 38.3 Å². The van der Waals surface area contributed by atoms with Crippen molar-refractivity contribution >= 4 is 29.1 Å². The Hall–Kier alpha value is -0.710. The SMILES string of the molecule is CNC(SC)C(=O)c1ccc(Cl)c(OC)c1. The molecule has 0 aliphatic heterocycles. The van der Waals surface area contributed by atoms with Crippen LogP contribution in [0.25, 0.3) is 0 Å². The number of hydrogen-bond acceptors (Lipinski definition) is 4. The zero-order valence-electron chi connectivity index (χ0n) is 9.41. The summed E-state index contributed by atoms with van der Waals surface area (Å²) >= 11 is 7.35. The molecule has 1 aromatic rings. The van der Waals surface area contributed by atoms with E-state index in [1.807, 2.05) is 6.26 Å². The van der Waals surface area contributed by atoms with E-state index >= 15 is 0 Å². The van der Waals surface area contributed by atoms with Gasteiger partial charge >= 0.3 is 0 Å². The lowest BCUT2D eigenvalue weighted by atomic mass is 10.1. The number of ether oxygens (including phenoxy) is 1. The van der Waals surface area contributed by atoms with Crippen molar-refractivity contribution in [2.24, 2.45) is 0 Å². The summed E-state index contributed by atoms with van der Waals surface area (Å²) in [6, 6.07) is 5.03. The number of carbonyl (C=O) groups excluding carboxylic acids is 1. The highest BCUT2D eigenvalue weighted by molar-refractivity contribution is 7.99. The van der Waals surface area contributed by atoms with Crippen LogP contribution in [-0.2, 0) is 0 Å². The third-order valence-electron chi connectivity index (χ3n) is 2.17. The summed E-state index contributed by atoms with van der Waals surface area (Å²) in [5.74, 6) is 0.536. The number of likely N-dealkylation sites (N-methyl/N-ethyl adjacent to an activating group) is 1. The van der Waals surface area contributed by atoms with Crippen LogP contribution in [0.3, 0.4) is 0 Å². The first-order valence-corrected chi connectivity index (χ1v) is 6.38. The van der Waals surface area contributed by atoms with Gasteiger partial charge in [0.25, 0.3) is 0 Å². The summed E-state index contributed by atoms with van der Waals surface area (Å²) in [5, 5.41) is 3.20. The summed E-state index contributed by atoms with van der Waals surface area (Å²) < 4.78 is 5.07. The Morgan fingerprint density at radius 3 is 2.75 bits per heavy atom. The molecular weight excluding hydrogens is 246 g/mol. The maximum Gasteiger partial charge on any atom is 0.190 e. The molecule has 0 aliphatic carbocycles. The summed E-state index contributed by atoms with van der Waals surface area (Å²) in [6.45, 7) is 0. The summed E-state index contributed by atoms with van der Waals surface area (Å²) in [7, 11) is 3.28. The highest BCUT2D eigenvalue weighted by atomic mass is 35.5. The van der Waals surface area contributed by atoms with Gasteiger partial charge < -0.3 is 10.1 Å². The number of benzene rings is 1. The minimum atomic E-state index is -0.245. The van der Waals surface area contributed by atoms with Gasteiger partial charge in [-0.15, -0.1) is 11.8 Å². The van der Waals surface area contributed by atoms with Gasteiger partial charge in [0.05, 0.1) is 12.1 Å². The van der Waals surface area contributed by atoms with Crippen molar-refractivity contribution in [1.82, 2.24) is 5.32 Å². The number of Topliss-reactive ketones (excluding diaryl/α,β-unsaturated/α-hetero) is 1. The first-order valence-electron chi connectivity index (χ1n) is 4.71. The maximum atomic E-state index is 12.0. The van der Waals surface area contributed by atoms with Crippen molar-refractivity contribution in [3.05, 3.63) is 28.8 Å². The number of halogens is 1. The molecule has 1 N–H and O–H groups in total. The molecule has 0 aromatic heterocycles. The van der Waals surface area contributed by atoms with Gasteiger partial charge in [-0.05, 0) is 31.5 Å². The number of carbonyl (C=O) groups is 1. The quantitative estimate of drug-likeness (QED) is 0.651. The Labute approximate surface area is 105 Å². The molecule has 0 amide bonds. The average molecular weight is 260 g/mol. The van der Waals surface area contributed by atoms with Crippen LogP contribution >= 0.6 is 23.4 Å². The van der Waals surface area contributed by atoms with Crippen molar-refractivity contribution < 1.29 is 9.53 Å². The van der Waals surface area contributed by atoms with E-state index < -0.39 is 0 Å². The van der Waals surface area contributed by atoms with Crippen LogP contribution in [0.5, 0.6) is 5.75 Å². The summed E-state index contributed by atoms with van der Waals surface area (Å²) in [4.78, 5) is 12.0. The van der Waals surface area contributed by atoms with Gasteiger partial charge in [-0.3, -0.25) is 4.79 Å². The van der Waals surface area contributed by atoms with Crippen molar-refractivity contribution in [1.29, 1.82) is 0 Å². The van der Waals surface area contributed by atoms with Crippen molar-refractivity contribution in [3.8, 4) is 5.75 Å². The molecule has 0 saturated carbocycles. The van der Waals surface area contributed by atoms with E-state index in [0.717, 1.165) is 0 Å². The summed E-state index contributed by atoms with van der Waals surface area (Å²) in [6.07, 6.45) is 1.88. The van der Waals surface area contributed by atoms with Crippen molar-refractivity contribution in [2.75, 3.05) is 20.4 Å². The zero-order chi connectivity index (χ0) is 12.1. The van der Waals surface area contributed by atoms with Gasteiger partial charge in [0.1, 0.15) is 11.1 Å². The Kier molecular flexibility index (Phi) is 5.12. The highest BCUT2D eigenvalue weighted by Gasteiger charge is 2.18. The molecule has 16 heavy (non-hydrogen) atoms. The molecule has 0 spiro atoms. The predicted octanol–water partition coefficient (Wildman–Crippen LogP) is 2.44. The Morgan fingerprint density at radius 2 is 2.25 bits per heavy atom. The van der Waals surface area contributed by atoms with Crippen molar-refractivity contribution in [3.63, 3.8) is 0 Å². The van der Waals surface area contributed by atoms with Gasteiger partial charge in [-0.1, -0.05) is 11.6 Å². The van der Waals surface area contributed by atoms with Crippen LogP contribution in [-0.4, -0.2) is 31.6 Å². The van der Waals surface area contributed by atoms with Crippen LogP contribution in [0.2, 0.25) is 5.02 Å². The minimum absolute atomic E-state index is 0.0185. The normalized spacial score (nSPS) is 12.2. The second kappa shape index (κ2) is 6.13. The monoisotopic (exact) mass is 259 g/mol. The predicted molar refractivity (Wildman–Crippen MR) is 68.7 cm³/mol. The molecule has 5 heteroatoms. The second-order valence-corrected chi connectivity index (χ2v) is 4.47. The lowest BCUT2D eigenvalue weighted by molar-refractivity contribution is 0.0981. The van der Waals surface area contributed by atoms with Crippen LogP contribution in [0.15, 0.2) is 18.2 Å². The van der Waals surface area contributed by atoms with Gasteiger partial charge in [-0.2, -0.15) is 0 Å². The van der Waals surface area contributed by atoms with Crippen molar-refractivity contribution in [2.45, 2.75) is 5.37 Å². The molecule has 1 unspecified atom stereocenters. The highest BCUT2D eigenvalue weighted by Crippen LogP contribution is 2.26. The van der Waals surface area contributed by atoms with E-state index in [0.29, 0.717) is 16.3 Å². The molecular formula is C11H14ClNO2S. The zero-order valence-corrected chi connectivity index (χ0v) is 11.0. The van der Waals surface area contributed by atoms with Gasteiger partial charge in [0, 0.05) is 5.56 Å². The number of methoxy groups -OCH3 is 1. The molecule has 88 valence electrons. The van der Waals surface area contributed by atoms with E-state index in [4.69, 9.17) is 16.3 Å². The Bertz CT molecular complexity index is 380. The molecule has 1 atom stereocenters. The number of hydrogen-bond donors (Lipinski definition) is 1. The van der Waals surface area contributed by atoms with Gasteiger partial charge in [0.15, 0.2) is 5.78 Å². The van der Waals surface area contributed by atoms with E-state index in [1.54, 1.807) is 25.2 Å². The number of ketones is 1. The van der Waals surface area contributed by atoms with Gasteiger partial charge in [0.2, 0.25) is 0 Å². The van der Waals surface area contributed by atoms with E-state index in [9.17, 15) is 4.79 Å². The molecule has 0 fully saturated rings. The molecule has 0 heterocycles. The fourth-order valence-electron chi connectivity index (χ4n) is 1.32. The Balaban J connectivity index is 3.00. The molecule has 0 saturated heterocycles. The van der Waals surface area contributed by atoms with Crippen LogP contribution in [0, 0.1) is 0 Å². The second-order valence-electron chi connectivity index (χ2n) is 3.12. The fourth-order valence-corrected chi connectivity index (χ4v) is 2.10. The molecule has 0 aliphatic rings. The average Bonchev–Trinajstić information content (AvgIpc) is 2.31. The molecule has 1 rings (SSSR count). The first kappa shape index (κ1) is 13.4. The summed E-state index contributed by atoms with van der Waals surface area (Å²) in [5.41, 5.74) is 0.593. The van der Waals surface area contributed by atoms with E-state index in [1.165, 1.54) is 18.9 Å². The molecule has 3 nitrogen and oxygen atoms in total. The van der Waals surface area contributed by atoms with Crippen LogP contribution in [0.4, 0.5) is 0 Å². The molecule has 0 radical (unpaired) electrons. The lowest BCUT2D eigenvalue weighted by Gasteiger charge is -2.12. The van der Waals surface area contributed by atoms with E-state index in [-0.39, 0.29) is 11.2 Å². The molecule has 1 aromatic carbocycles. The first-order chi connectivity index (χ1) is 7.63. The smallest absolute Gasteiger partial charge is 0.190 e. The van der Waals surface area contributed by atoms with Gasteiger partial charge in [-0.25, -0.2) is 0 Å². The van der Waals surface area contributed by atoms with Crippen LogP contribution < -0.4 is 10.1 Å². The third kappa shape index (κ3) is 2.90. The molecule has 0 bridgehead atoms. The lowest BCUT2D eigenvalue weighted by Crippen LogP contribution is -2.30. The number of nitrogens with one attached hydrogen (secondary N) is 1. The standard InChI is InChI=1S/C11H14ClNO2S/c1-13-11(16-3)10(14)7-4-5-8(12)9(6-7)15-2/h4-6,11,13H,1-3H3. The number of thioether (sulfide) groups is 1. The van der Waals surface area contributed by atoms with E-state index in [2.05, 4.69) is 5.32 Å². The fraction of sp³-hybridized carbons (Fsp3) is 0.364. The maximum absolute atomic E-state index is 12.0. The largest absolute Gasteiger partial charge is 0.495 e. The van der Waals surface area contributed by atoms with Crippen LogP contribution in [0.1, 0.15) is 10.4 Å². The Morgan fingerprint density at radius 1 is 1.56 bits per heavy atom. The number of rotatable bonds is 5.